The van der Waals surface area contributed by atoms with E-state index in [-0.39, 0.29) is 11.2 Å². The molecule has 1 atom stereocenters. The van der Waals surface area contributed by atoms with Gasteiger partial charge in [0, 0.05) is 4.47 Å². The standard InChI is InChI=1S/C15H13BrClF/c1-10-2-7-14(16)13(8-10)15(17)9-11-3-5-12(18)6-4-11/h2-8,15H,9H2,1H3. The second-order valence-electron chi connectivity index (χ2n) is 4.32. The molecule has 18 heavy (non-hydrogen) atoms. The third-order valence-electron chi connectivity index (χ3n) is 2.82. The topological polar surface area (TPSA) is 0 Å². The first-order chi connectivity index (χ1) is 8.56. The zero-order valence-corrected chi connectivity index (χ0v) is 12.3. The van der Waals surface area contributed by atoms with Gasteiger partial charge in [0.05, 0.1) is 5.38 Å². The van der Waals surface area contributed by atoms with Crippen LogP contribution in [0.2, 0.25) is 0 Å². The molecular weight excluding hydrogens is 315 g/mol. The molecule has 94 valence electrons. The quantitative estimate of drug-likeness (QED) is 0.660. The van der Waals surface area contributed by atoms with Gasteiger partial charge in [-0.3, -0.25) is 0 Å². The molecule has 0 aliphatic heterocycles. The summed E-state index contributed by atoms with van der Waals surface area (Å²) in [7, 11) is 0. The van der Waals surface area contributed by atoms with Crippen molar-refractivity contribution < 1.29 is 4.39 Å². The lowest BCUT2D eigenvalue weighted by Crippen LogP contribution is -1.98. The predicted octanol–water partition coefficient (Wildman–Crippen LogP) is 5.42. The van der Waals surface area contributed by atoms with E-state index in [0.29, 0.717) is 6.42 Å². The molecule has 0 heterocycles. The van der Waals surface area contributed by atoms with Crippen LogP contribution in [0.5, 0.6) is 0 Å². The Kier molecular flexibility index (Phi) is 4.41. The van der Waals surface area contributed by atoms with E-state index in [4.69, 9.17) is 11.6 Å². The summed E-state index contributed by atoms with van der Waals surface area (Å²) in [4.78, 5) is 0. The normalized spacial score (nSPS) is 12.4. The van der Waals surface area contributed by atoms with Gasteiger partial charge in [-0.25, -0.2) is 4.39 Å². The molecule has 2 aromatic rings. The first kappa shape index (κ1) is 13.6. The van der Waals surface area contributed by atoms with E-state index in [2.05, 4.69) is 22.0 Å². The van der Waals surface area contributed by atoms with E-state index in [0.717, 1.165) is 15.6 Å². The van der Waals surface area contributed by atoms with Gasteiger partial charge in [0.25, 0.3) is 0 Å². The molecule has 3 heteroatoms. The molecule has 0 saturated carbocycles. The van der Waals surface area contributed by atoms with Crippen LogP contribution in [-0.2, 0) is 6.42 Å². The summed E-state index contributed by atoms with van der Waals surface area (Å²) >= 11 is 9.95. The minimum atomic E-state index is -0.221. The zero-order valence-electron chi connectivity index (χ0n) is 9.96. The molecule has 1 unspecified atom stereocenters. The lowest BCUT2D eigenvalue weighted by Gasteiger charge is -2.13. The van der Waals surface area contributed by atoms with Crippen molar-refractivity contribution in [3.05, 3.63) is 69.4 Å². The number of aryl methyl sites for hydroxylation is 1. The Hall–Kier alpha value is -0.860. The largest absolute Gasteiger partial charge is 0.207 e. The van der Waals surface area contributed by atoms with Gasteiger partial charge in [-0.1, -0.05) is 45.8 Å². The SMILES string of the molecule is Cc1ccc(Br)c(C(Cl)Cc2ccc(F)cc2)c1. The Bertz CT molecular complexity index is 537. The van der Waals surface area contributed by atoms with Crippen LogP contribution in [0.3, 0.4) is 0 Å². The van der Waals surface area contributed by atoms with E-state index in [1.165, 1.54) is 17.7 Å². The minimum absolute atomic E-state index is 0.121. The zero-order chi connectivity index (χ0) is 13.1. The van der Waals surface area contributed by atoms with Gasteiger partial charge < -0.3 is 0 Å². The van der Waals surface area contributed by atoms with Crippen LogP contribution in [0, 0.1) is 12.7 Å². The molecule has 0 amide bonds. The molecule has 0 saturated heterocycles. The van der Waals surface area contributed by atoms with Crippen molar-refractivity contribution in [2.24, 2.45) is 0 Å². The molecule has 0 nitrogen and oxygen atoms in total. The van der Waals surface area contributed by atoms with E-state index < -0.39 is 0 Å². The molecule has 0 fully saturated rings. The Morgan fingerprint density at radius 1 is 1.17 bits per heavy atom. The van der Waals surface area contributed by atoms with Crippen LogP contribution in [0.15, 0.2) is 46.9 Å². The van der Waals surface area contributed by atoms with Gasteiger partial charge in [0.2, 0.25) is 0 Å². The van der Waals surface area contributed by atoms with E-state index in [1.807, 2.05) is 19.1 Å². The van der Waals surface area contributed by atoms with Crippen molar-refractivity contribution in [1.29, 1.82) is 0 Å². The van der Waals surface area contributed by atoms with E-state index in [9.17, 15) is 4.39 Å². The molecule has 0 spiro atoms. The van der Waals surface area contributed by atoms with Gasteiger partial charge in [-0.05, 0) is 42.7 Å². The first-order valence-corrected chi connectivity index (χ1v) is 6.94. The smallest absolute Gasteiger partial charge is 0.123 e. The van der Waals surface area contributed by atoms with Crippen LogP contribution >= 0.6 is 27.5 Å². The first-order valence-electron chi connectivity index (χ1n) is 5.71. The number of hydrogen-bond acceptors (Lipinski definition) is 0. The molecule has 0 bridgehead atoms. The van der Waals surface area contributed by atoms with Crippen LogP contribution in [0.4, 0.5) is 4.39 Å². The summed E-state index contributed by atoms with van der Waals surface area (Å²) in [5.74, 6) is -0.221. The van der Waals surface area contributed by atoms with Crippen molar-refractivity contribution in [2.75, 3.05) is 0 Å². The lowest BCUT2D eigenvalue weighted by atomic mass is 10.0. The van der Waals surface area contributed by atoms with Crippen molar-refractivity contribution in [1.82, 2.24) is 0 Å². The van der Waals surface area contributed by atoms with Gasteiger partial charge in [0.15, 0.2) is 0 Å². The van der Waals surface area contributed by atoms with Gasteiger partial charge in [0.1, 0.15) is 5.82 Å². The summed E-state index contributed by atoms with van der Waals surface area (Å²) in [5, 5.41) is -0.121. The van der Waals surface area contributed by atoms with Gasteiger partial charge in [-0.15, -0.1) is 11.6 Å². The second kappa shape index (κ2) is 5.85. The predicted molar refractivity (Wildman–Crippen MR) is 77.6 cm³/mol. The highest BCUT2D eigenvalue weighted by atomic mass is 79.9. The fraction of sp³-hybridized carbons (Fsp3) is 0.200. The molecule has 0 radical (unpaired) electrons. The third kappa shape index (κ3) is 3.33. The van der Waals surface area contributed by atoms with Gasteiger partial charge >= 0.3 is 0 Å². The highest BCUT2D eigenvalue weighted by Crippen LogP contribution is 2.31. The second-order valence-corrected chi connectivity index (χ2v) is 5.70. The number of alkyl halides is 1. The Morgan fingerprint density at radius 2 is 1.83 bits per heavy atom. The third-order valence-corrected chi connectivity index (χ3v) is 3.93. The molecule has 0 aliphatic rings. The maximum absolute atomic E-state index is 12.8. The van der Waals surface area contributed by atoms with Crippen LogP contribution in [0.1, 0.15) is 22.1 Å². The molecule has 0 aliphatic carbocycles. The highest BCUT2D eigenvalue weighted by Gasteiger charge is 2.12. The van der Waals surface area contributed by atoms with Crippen LogP contribution in [-0.4, -0.2) is 0 Å². The average Bonchev–Trinajstić information content (AvgIpc) is 2.35. The Labute approximate surface area is 120 Å². The fourth-order valence-electron chi connectivity index (χ4n) is 1.84. The summed E-state index contributed by atoms with van der Waals surface area (Å²) in [6.45, 7) is 2.04. The lowest BCUT2D eigenvalue weighted by molar-refractivity contribution is 0.627. The minimum Gasteiger partial charge on any atom is -0.207 e. The molecule has 2 rings (SSSR count). The summed E-state index contributed by atoms with van der Waals surface area (Å²) in [5.41, 5.74) is 3.28. The monoisotopic (exact) mass is 326 g/mol. The maximum Gasteiger partial charge on any atom is 0.123 e. The molecular formula is C15H13BrClF. The van der Waals surface area contributed by atoms with E-state index in [1.54, 1.807) is 12.1 Å². The van der Waals surface area contributed by atoms with Crippen molar-refractivity contribution in [3.63, 3.8) is 0 Å². The molecule has 2 aromatic carbocycles. The summed E-state index contributed by atoms with van der Waals surface area (Å²) < 4.78 is 13.8. The van der Waals surface area contributed by atoms with Crippen LogP contribution < -0.4 is 0 Å². The molecule has 0 N–H and O–H groups in total. The van der Waals surface area contributed by atoms with Crippen molar-refractivity contribution in [3.8, 4) is 0 Å². The van der Waals surface area contributed by atoms with Crippen LogP contribution in [0.25, 0.3) is 0 Å². The number of rotatable bonds is 3. The Balaban J connectivity index is 2.18. The van der Waals surface area contributed by atoms with E-state index >= 15 is 0 Å². The van der Waals surface area contributed by atoms with Crippen molar-refractivity contribution >= 4 is 27.5 Å². The van der Waals surface area contributed by atoms with Gasteiger partial charge in [-0.2, -0.15) is 0 Å². The average molecular weight is 328 g/mol. The number of benzene rings is 2. The highest BCUT2D eigenvalue weighted by molar-refractivity contribution is 9.10. The van der Waals surface area contributed by atoms with Crippen molar-refractivity contribution in [2.45, 2.75) is 18.7 Å². The molecule has 0 aromatic heterocycles. The maximum atomic E-state index is 12.8. The summed E-state index contributed by atoms with van der Waals surface area (Å²) in [6.07, 6.45) is 0.684. The number of halogens is 3. The summed E-state index contributed by atoms with van der Waals surface area (Å²) in [6, 6.07) is 12.6. The Morgan fingerprint density at radius 3 is 2.50 bits per heavy atom. The fourth-order valence-corrected chi connectivity index (χ4v) is 2.85. The number of hydrogen-bond donors (Lipinski definition) is 0.